The number of aldehydes is 1. The minimum absolute atomic E-state index is 0.146. The highest BCUT2D eigenvalue weighted by Gasteiger charge is 2.11. The number of nitrogens with one attached hydrogen (secondary N) is 1. The Morgan fingerprint density at radius 3 is 2.94 bits per heavy atom. The van der Waals surface area contributed by atoms with Gasteiger partial charge in [-0.25, -0.2) is 9.97 Å². The van der Waals surface area contributed by atoms with Gasteiger partial charge in [-0.2, -0.15) is 0 Å². The molecule has 2 N–H and O–H groups in total. The molecule has 1 unspecified atom stereocenters. The highest BCUT2D eigenvalue weighted by Crippen LogP contribution is 2.18. The van der Waals surface area contributed by atoms with E-state index in [2.05, 4.69) is 22.2 Å². The van der Waals surface area contributed by atoms with Crippen LogP contribution >= 0.6 is 11.6 Å². The van der Waals surface area contributed by atoms with Crippen molar-refractivity contribution in [3.8, 4) is 0 Å². The topological polar surface area (TPSA) is 75.1 Å². The number of aliphatic hydroxyl groups excluding tert-OH is 1. The summed E-state index contributed by atoms with van der Waals surface area (Å²) in [6.07, 6.45) is 3.61. The number of carbonyl (C=O) groups is 1. The van der Waals surface area contributed by atoms with E-state index in [1.165, 1.54) is 6.33 Å². The van der Waals surface area contributed by atoms with Gasteiger partial charge in [-0.15, -0.1) is 0 Å². The maximum atomic E-state index is 10.8. The molecule has 1 heterocycles. The number of hydrogen-bond acceptors (Lipinski definition) is 5. The van der Waals surface area contributed by atoms with Crippen LogP contribution in [0, 0.1) is 5.92 Å². The number of aliphatic hydroxyl groups is 1. The first-order valence-electron chi connectivity index (χ1n) is 5.53. The standard InChI is InChI=1S/C11H16ClN3O2/c1-2-8(3-4-16)5-13-11-9(6-17)10(12)14-7-15-11/h6-8,16H,2-5H2,1H3,(H,13,14,15). The third kappa shape index (κ3) is 3.94. The van der Waals surface area contributed by atoms with Crippen molar-refractivity contribution in [2.45, 2.75) is 19.8 Å². The van der Waals surface area contributed by atoms with E-state index in [0.29, 0.717) is 24.6 Å². The summed E-state index contributed by atoms with van der Waals surface area (Å²) >= 11 is 5.78. The summed E-state index contributed by atoms with van der Waals surface area (Å²) in [6.45, 7) is 2.85. The molecular weight excluding hydrogens is 242 g/mol. The molecular formula is C11H16ClN3O2. The van der Waals surface area contributed by atoms with Crippen molar-refractivity contribution in [2.24, 2.45) is 5.92 Å². The zero-order valence-corrected chi connectivity index (χ0v) is 10.4. The Kier molecular flexibility index (Phi) is 5.86. The second kappa shape index (κ2) is 7.19. The maximum absolute atomic E-state index is 10.8. The highest BCUT2D eigenvalue weighted by molar-refractivity contribution is 6.32. The van der Waals surface area contributed by atoms with Crippen molar-refractivity contribution in [3.63, 3.8) is 0 Å². The molecule has 5 nitrogen and oxygen atoms in total. The van der Waals surface area contributed by atoms with Crippen molar-refractivity contribution < 1.29 is 9.90 Å². The first-order valence-corrected chi connectivity index (χ1v) is 5.91. The Morgan fingerprint density at radius 1 is 1.59 bits per heavy atom. The van der Waals surface area contributed by atoms with E-state index >= 15 is 0 Å². The number of aromatic nitrogens is 2. The molecule has 1 atom stereocenters. The van der Waals surface area contributed by atoms with E-state index in [1.54, 1.807) is 0 Å². The molecule has 1 aromatic rings. The van der Waals surface area contributed by atoms with Gasteiger partial charge >= 0.3 is 0 Å². The second-order valence-corrected chi connectivity index (χ2v) is 4.07. The minimum Gasteiger partial charge on any atom is -0.396 e. The van der Waals surface area contributed by atoms with E-state index in [4.69, 9.17) is 16.7 Å². The van der Waals surface area contributed by atoms with Crippen molar-refractivity contribution in [1.82, 2.24) is 9.97 Å². The van der Waals surface area contributed by atoms with Crippen LogP contribution in [0.5, 0.6) is 0 Å². The predicted molar refractivity (Wildman–Crippen MR) is 66.4 cm³/mol. The van der Waals surface area contributed by atoms with E-state index in [0.717, 1.165) is 12.8 Å². The maximum Gasteiger partial charge on any atom is 0.156 e. The first-order chi connectivity index (χ1) is 8.22. The summed E-state index contributed by atoms with van der Waals surface area (Å²) in [4.78, 5) is 18.6. The van der Waals surface area contributed by atoms with E-state index in [-0.39, 0.29) is 17.3 Å². The van der Waals surface area contributed by atoms with Crippen LogP contribution in [0.2, 0.25) is 5.15 Å². The molecule has 0 amide bonds. The van der Waals surface area contributed by atoms with Crippen molar-refractivity contribution in [1.29, 1.82) is 0 Å². The molecule has 0 saturated carbocycles. The molecule has 1 aromatic heterocycles. The minimum atomic E-state index is 0.146. The Morgan fingerprint density at radius 2 is 2.35 bits per heavy atom. The number of carbonyl (C=O) groups excluding carboxylic acids is 1. The molecule has 0 radical (unpaired) electrons. The van der Waals surface area contributed by atoms with Gasteiger partial charge in [0.2, 0.25) is 0 Å². The Labute approximate surface area is 105 Å². The first kappa shape index (κ1) is 13.9. The van der Waals surface area contributed by atoms with Gasteiger partial charge in [-0.3, -0.25) is 4.79 Å². The zero-order chi connectivity index (χ0) is 12.7. The third-order valence-corrected chi connectivity index (χ3v) is 2.93. The molecule has 17 heavy (non-hydrogen) atoms. The lowest BCUT2D eigenvalue weighted by Gasteiger charge is -2.15. The summed E-state index contributed by atoms with van der Waals surface area (Å²) in [7, 11) is 0. The molecule has 0 aromatic carbocycles. The predicted octanol–water partition coefficient (Wildman–Crippen LogP) is 1.76. The van der Waals surface area contributed by atoms with Gasteiger partial charge in [0, 0.05) is 13.2 Å². The van der Waals surface area contributed by atoms with Gasteiger partial charge in [0.15, 0.2) is 6.29 Å². The molecule has 0 fully saturated rings. The summed E-state index contributed by atoms with van der Waals surface area (Å²) in [5, 5.41) is 12.1. The van der Waals surface area contributed by atoms with Crippen LogP contribution in [0.25, 0.3) is 0 Å². The number of anilines is 1. The summed E-state index contributed by atoms with van der Waals surface area (Å²) < 4.78 is 0. The number of rotatable bonds is 7. The molecule has 94 valence electrons. The van der Waals surface area contributed by atoms with Crippen LogP contribution in [0.3, 0.4) is 0 Å². The van der Waals surface area contributed by atoms with Gasteiger partial charge in [0.25, 0.3) is 0 Å². The van der Waals surface area contributed by atoms with Crippen molar-refractivity contribution in [2.75, 3.05) is 18.5 Å². The van der Waals surface area contributed by atoms with Crippen LogP contribution in [-0.2, 0) is 0 Å². The van der Waals surface area contributed by atoms with Crippen LogP contribution in [0.4, 0.5) is 5.82 Å². The lowest BCUT2D eigenvalue weighted by atomic mass is 10.0. The van der Waals surface area contributed by atoms with Gasteiger partial charge < -0.3 is 10.4 Å². The molecule has 0 spiro atoms. The molecule has 6 heteroatoms. The molecule has 0 aliphatic carbocycles. The lowest BCUT2D eigenvalue weighted by Crippen LogP contribution is -2.16. The van der Waals surface area contributed by atoms with E-state index in [9.17, 15) is 4.79 Å². The fourth-order valence-corrected chi connectivity index (χ4v) is 1.67. The van der Waals surface area contributed by atoms with Gasteiger partial charge in [0.1, 0.15) is 17.3 Å². The van der Waals surface area contributed by atoms with E-state index < -0.39 is 0 Å². The molecule has 1 rings (SSSR count). The Bertz CT molecular complexity index is 374. The van der Waals surface area contributed by atoms with Crippen LogP contribution in [0.1, 0.15) is 30.1 Å². The second-order valence-electron chi connectivity index (χ2n) is 3.71. The monoisotopic (exact) mass is 257 g/mol. The normalized spacial score (nSPS) is 12.2. The van der Waals surface area contributed by atoms with Crippen LogP contribution < -0.4 is 5.32 Å². The average Bonchev–Trinajstić information content (AvgIpc) is 2.34. The SMILES string of the molecule is CCC(CCO)CNc1ncnc(Cl)c1C=O. The average molecular weight is 258 g/mol. The summed E-state index contributed by atoms with van der Waals surface area (Å²) in [5.74, 6) is 0.782. The van der Waals surface area contributed by atoms with Gasteiger partial charge in [0.05, 0.1) is 5.56 Å². The molecule has 0 bridgehead atoms. The van der Waals surface area contributed by atoms with Crippen molar-refractivity contribution in [3.05, 3.63) is 17.0 Å². The summed E-state index contributed by atoms with van der Waals surface area (Å²) in [5.41, 5.74) is 0.271. The fourth-order valence-electron chi connectivity index (χ4n) is 1.49. The largest absolute Gasteiger partial charge is 0.396 e. The third-order valence-electron chi connectivity index (χ3n) is 2.63. The molecule has 0 saturated heterocycles. The molecule has 0 aliphatic rings. The van der Waals surface area contributed by atoms with Crippen LogP contribution in [-0.4, -0.2) is 34.5 Å². The van der Waals surface area contributed by atoms with Gasteiger partial charge in [-0.1, -0.05) is 24.9 Å². The van der Waals surface area contributed by atoms with Gasteiger partial charge in [-0.05, 0) is 12.3 Å². The van der Waals surface area contributed by atoms with Crippen molar-refractivity contribution >= 4 is 23.7 Å². The number of halogens is 1. The highest BCUT2D eigenvalue weighted by atomic mass is 35.5. The van der Waals surface area contributed by atoms with E-state index in [1.807, 2.05) is 0 Å². The quantitative estimate of drug-likeness (QED) is 0.575. The number of hydrogen-bond donors (Lipinski definition) is 2. The Hall–Kier alpha value is -1.20. The molecule has 0 aliphatic heterocycles. The lowest BCUT2D eigenvalue weighted by molar-refractivity contribution is 0.112. The zero-order valence-electron chi connectivity index (χ0n) is 9.69. The number of nitrogens with zero attached hydrogens (tertiary/aromatic N) is 2. The fraction of sp³-hybridized carbons (Fsp3) is 0.545. The van der Waals surface area contributed by atoms with Crippen LogP contribution in [0.15, 0.2) is 6.33 Å². The summed E-state index contributed by atoms with van der Waals surface area (Å²) in [6, 6.07) is 0. The Balaban J connectivity index is 2.68. The smallest absolute Gasteiger partial charge is 0.156 e.